The molecule has 1 nitrogen and oxygen atoms in total. The van der Waals surface area contributed by atoms with Gasteiger partial charge in [0.25, 0.3) is 0 Å². The lowest BCUT2D eigenvalue weighted by molar-refractivity contribution is 0.476. The molecule has 84 valence electrons. The summed E-state index contributed by atoms with van der Waals surface area (Å²) in [6.45, 7) is 2.46. The van der Waals surface area contributed by atoms with Gasteiger partial charge in [0.2, 0.25) is 0 Å². The minimum Gasteiger partial charge on any atom is -0.310 e. The van der Waals surface area contributed by atoms with Gasteiger partial charge < -0.3 is 5.32 Å². The molecule has 1 aliphatic rings. The van der Waals surface area contributed by atoms with Gasteiger partial charge in [0.15, 0.2) is 11.6 Å². The maximum Gasteiger partial charge on any atom is 0.163 e. The number of hydrogen-bond donors (Lipinski definition) is 1. The molecular weight excluding hydrogens is 220 g/mol. The molecule has 0 spiro atoms. The third kappa shape index (κ3) is 2.29. The van der Waals surface area contributed by atoms with Crippen LogP contribution < -0.4 is 5.32 Å². The van der Waals surface area contributed by atoms with Gasteiger partial charge in [0, 0.05) is 11.6 Å². The molecule has 1 saturated heterocycles. The van der Waals surface area contributed by atoms with Gasteiger partial charge in [0.05, 0.1) is 0 Å². The Morgan fingerprint density at radius 2 is 2.00 bits per heavy atom. The number of halogens is 3. The molecule has 1 aromatic rings. The van der Waals surface area contributed by atoms with Gasteiger partial charge in [-0.15, -0.1) is 12.4 Å². The van der Waals surface area contributed by atoms with Gasteiger partial charge >= 0.3 is 0 Å². The van der Waals surface area contributed by atoms with Gasteiger partial charge in [-0.1, -0.05) is 12.1 Å². The molecule has 15 heavy (non-hydrogen) atoms. The fraction of sp³-hybridized carbons (Fsp3) is 0.455. The Morgan fingerprint density at radius 3 is 2.60 bits per heavy atom. The summed E-state index contributed by atoms with van der Waals surface area (Å²) in [5, 5.41) is 3.15. The predicted octanol–water partition coefficient (Wildman–Crippen LogP) is 3.12. The molecule has 0 aromatic heterocycles. The summed E-state index contributed by atoms with van der Waals surface area (Å²) in [5.74, 6) is -1.40. The molecule has 1 aliphatic heterocycles. The largest absolute Gasteiger partial charge is 0.310 e. The summed E-state index contributed by atoms with van der Waals surface area (Å²) in [7, 11) is 0. The Morgan fingerprint density at radius 1 is 1.27 bits per heavy atom. The van der Waals surface area contributed by atoms with Crippen molar-refractivity contribution in [2.24, 2.45) is 0 Å². The molecule has 0 aliphatic carbocycles. The molecule has 1 heterocycles. The molecule has 1 atom stereocenters. The molecule has 0 bridgehead atoms. The number of benzene rings is 1. The van der Waals surface area contributed by atoms with E-state index in [-0.39, 0.29) is 18.4 Å². The Labute approximate surface area is 94.3 Å². The fourth-order valence-corrected chi connectivity index (χ4v) is 1.88. The highest BCUT2D eigenvalue weighted by molar-refractivity contribution is 5.85. The van der Waals surface area contributed by atoms with Crippen molar-refractivity contribution in [3.05, 3.63) is 34.9 Å². The summed E-state index contributed by atoms with van der Waals surface area (Å²) in [6.07, 6.45) is 1.92. The lowest BCUT2D eigenvalue weighted by Crippen LogP contribution is -2.15. The van der Waals surface area contributed by atoms with Crippen molar-refractivity contribution in [3.63, 3.8) is 0 Å². The first kappa shape index (κ1) is 12.4. The summed E-state index contributed by atoms with van der Waals surface area (Å²) in [5.41, 5.74) is 0.829. The average Bonchev–Trinajstić information content (AvgIpc) is 2.67. The molecule has 1 aromatic carbocycles. The van der Waals surface area contributed by atoms with Crippen molar-refractivity contribution >= 4 is 12.4 Å². The third-order valence-corrected chi connectivity index (χ3v) is 2.74. The van der Waals surface area contributed by atoms with Crippen molar-refractivity contribution in [1.82, 2.24) is 5.32 Å². The molecule has 0 unspecified atom stereocenters. The molecule has 4 heteroatoms. The van der Waals surface area contributed by atoms with E-state index in [1.807, 2.05) is 0 Å². The van der Waals surface area contributed by atoms with E-state index in [1.54, 1.807) is 19.1 Å². The van der Waals surface area contributed by atoms with Crippen LogP contribution in [0.3, 0.4) is 0 Å². The molecule has 0 saturated carbocycles. The van der Waals surface area contributed by atoms with Gasteiger partial charge in [0.1, 0.15) is 0 Å². The Hall–Kier alpha value is -0.670. The summed E-state index contributed by atoms with van der Waals surface area (Å²) in [4.78, 5) is 0. The first-order chi connectivity index (χ1) is 6.70. The molecule has 1 N–H and O–H groups in total. The maximum atomic E-state index is 13.5. The fourth-order valence-electron chi connectivity index (χ4n) is 1.88. The van der Waals surface area contributed by atoms with Crippen molar-refractivity contribution in [2.45, 2.75) is 25.8 Å². The zero-order valence-corrected chi connectivity index (χ0v) is 9.33. The minimum atomic E-state index is -0.712. The van der Waals surface area contributed by atoms with Crippen molar-refractivity contribution in [1.29, 1.82) is 0 Å². The van der Waals surface area contributed by atoms with Crippen LogP contribution in [0.1, 0.15) is 30.0 Å². The minimum absolute atomic E-state index is 0. The second-order valence-electron chi connectivity index (χ2n) is 3.75. The lowest BCUT2D eigenvalue weighted by Gasteiger charge is -2.12. The van der Waals surface area contributed by atoms with Crippen molar-refractivity contribution < 1.29 is 8.78 Å². The van der Waals surface area contributed by atoms with Gasteiger partial charge in [-0.2, -0.15) is 0 Å². The van der Waals surface area contributed by atoms with Crippen LogP contribution in [0.25, 0.3) is 0 Å². The maximum absolute atomic E-state index is 13.5. The van der Waals surface area contributed by atoms with Gasteiger partial charge in [-0.3, -0.25) is 0 Å². The molecule has 0 amide bonds. The first-order valence-electron chi connectivity index (χ1n) is 4.88. The molecule has 1 fully saturated rings. The van der Waals surface area contributed by atoms with Crippen LogP contribution in [0.15, 0.2) is 12.1 Å². The second kappa shape index (κ2) is 4.90. The van der Waals surface area contributed by atoms with E-state index < -0.39 is 11.6 Å². The zero-order chi connectivity index (χ0) is 10.1. The van der Waals surface area contributed by atoms with Crippen LogP contribution in [0, 0.1) is 18.6 Å². The molecule has 2 rings (SSSR count). The van der Waals surface area contributed by atoms with E-state index >= 15 is 0 Å². The Balaban J connectivity index is 0.00000112. The van der Waals surface area contributed by atoms with E-state index in [9.17, 15) is 8.78 Å². The van der Waals surface area contributed by atoms with Crippen LogP contribution in [0.5, 0.6) is 0 Å². The average molecular weight is 234 g/mol. The summed E-state index contributed by atoms with van der Waals surface area (Å²) < 4.78 is 26.7. The molecular formula is C11H14ClF2N. The van der Waals surface area contributed by atoms with Crippen LogP contribution in [0.4, 0.5) is 8.78 Å². The first-order valence-corrected chi connectivity index (χ1v) is 4.88. The Bertz CT molecular complexity index is 349. The normalized spacial score (nSPS) is 20.1. The van der Waals surface area contributed by atoms with E-state index in [0.717, 1.165) is 19.4 Å². The lowest BCUT2D eigenvalue weighted by atomic mass is 10.0. The van der Waals surface area contributed by atoms with E-state index in [1.165, 1.54) is 0 Å². The summed E-state index contributed by atoms with van der Waals surface area (Å²) >= 11 is 0. The number of hydrogen-bond acceptors (Lipinski definition) is 1. The third-order valence-electron chi connectivity index (χ3n) is 2.74. The standard InChI is InChI=1S/C11H13F2N.ClH/c1-7-4-5-8(11(13)10(7)12)9-3-2-6-14-9;/h4-5,9,14H,2-3,6H2,1H3;1H/t9-;/m0./s1. The van der Waals surface area contributed by atoms with Crippen LogP contribution in [-0.4, -0.2) is 6.54 Å². The predicted molar refractivity (Wildman–Crippen MR) is 58.3 cm³/mol. The van der Waals surface area contributed by atoms with Gasteiger partial charge in [-0.05, 0) is 31.9 Å². The van der Waals surface area contributed by atoms with Gasteiger partial charge in [-0.25, -0.2) is 8.78 Å². The highest BCUT2D eigenvalue weighted by Gasteiger charge is 2.21. The molecule has 0 radical (unpaired) electrons. The van der Waals surface area contributed by atoms with Crippen molar-refractivity contribution in [3.8, 4) is 0 Å². The van der Waals surface area contributed by atoms with Crippen LogP contribution in [-0.2, 0) is 0 Å². The number of nitrogens with one attached hydrogen (secondary N) is 1. The van der Waals surface area contributed by atoms with Crippen LogP contribution >= 0.6 is 12.4 Å². The summed E-state index contributed by atoms with van der Waals surface area (Å²) in [6, 6.07) is 3.30. The number of aryl methyl sites for hydroxylation is 1. The van der Waals surface area contributed by atoms with Crippen LogP contribution in [0.2, 0.25) is 0 Å². The zero-order valence-electron chi connectivity index (χ0n) is 8.52. The SMILES string of the molecule is Cc1ccc([C@@H]2CCCN2)c(F)c1F.Cl. The highest BCUT2D eigenvalue weighted by atomic mass is 35.5. The second-order valence-corrected chi connectivity index (χ2v) is 3.75. The highest BCUT2D eigenvalue weighted by Crippen LogP contribution is 2.27. The van der Waals surface area contributed by atoms with E-state index in [2.05, 4.69) is 5.32 Å². The van der Waals surface area contributed by atoms with E-state index in [0.29, 0.717) is 11.1 Å². The quantitative estimate of drug-likeness (QED) is 0.786. The smallest absolute Gasteiger partial charge is 0.163 e. The van der Waals surface area contributed by atoms with E-state index in [4.69, 9.17) is 0 Å². The monoisotopic (exact) mass is 233 g/mol. The Kier molecular flexibility index (Phi) is 4.05. The number of rotatable bonds is 1. The van der Waals surface area contributed by atoms with Crippen molar-refractivity contribution in [2.75, 3.05) is 6.54 Å². The topological polar surface area (TPSA) is 12.0 Å².